The average Bonchev–Trinajstić information content (AvgIpc) is 2.69. The molecule has 1 atom stereocenters. The zero-order chi connectivity index (χ0) is 19.3. The maximum absolute atomic E-state index is 13.2. The number of sulfone groups is 1. The molecule has 1 amide bonds. The molecule has 138 valence electrons. The number of nitrogens with one attached hydrogen (secondary N) is 1. The molecule has 1 unspecified atom stereocenters. The second-order valence-electron chi connectivity index (χ2n) is 5.70. The van der Waals surface area contributed by atoms with E-state index in [2.05, 4.69) is 15.3 Å². The van der Waals surface area contributed by atoms with E-state index in [-0.39, 0.29) is 17.1 Å². The van der Waals surface area contributed by atoms with Crippen LogP contribution in [0.15, 0.2) is 78.1 Å². The van der Waals surface area contributed by atoms with Crippen molar-refractivity contribution in [3.05, 3.63) is 90.3 Å². The van der Waals surface area contributed by atoms with Gasteiger partial charge < -0.3 is 5.32 Å². The Labute approximate surface area is 156 Å². The summed E-state index contributed by atoms with van der Waals surface area (Å²) in [4.78, 5) is 19.9. The third-order valence-electron chi connectivity index (χ3n) is 3.93. The van der Waals surface area contributed by atoms with Crippen LogP contribution in [0.3, 0.4) is 0 Å². The molecule has 1 N–H and O–H groups in total. The van der Waals surface area contributed by atoms with Gasteiger partial charge in [-0.25, -0.2) is 17.8 Å². The van der Waals surface area contributed by atoms with Crippen LogP contribution in [-0.2, 0) is 9.84 Å². The molecular formula is C19H16FN3O3S. The van der Waals surface area contributed by atoms with Crippen molar-refractivity contribution >= 4 is 15.7 Å². The first-order valence-corrected chi connectivity index (χ1v) is 9.62. The van der Waals surface area contributed by atoms with Crippen molar-refractivity contribution in [3.8, 4) is 0 Å². The zero-order valence-corrected chi connectivity index (χ0v) is 14.9. The Morgan fingerprint density at radius 2 is 1.74 bits per heavy atom. The van der Waals surface area contributed by atoms with Crippen molar-refractivity contribution in [2.45, 2.75) is 10.1 Å². The second-order valence-corrected chi connectivity index (χ2v) is 7.83. The number of aromatic nitrogens is 2. The van der Waals surface area contributed by atoms with Crippen LogP contribution in [0, 0.1) is 5.82 Å². The fourth-order valence-electron chi connectivity index (χ4n) is 2.56. The van der Waals surface area contributed by atoms with Crippen LogP contribution in [0.25, 0.3) is 0 Å². The normalized spacial score (nSPS) is 12.3. The zero-order valence-electron chi connectivity index (χ0n) is 14.1. The summed E-state index contributed by atoms with van der Waals surface area (Å²) < 4.78 is 39.4. The predicted molar refractivity (Wildman–Crippen MR) is 97.1 cm³/mol. The van der Waals surface area contributed by atoms with Crippen LogP contribution in [0.1, 0.15) is 21.3 Å². The van der Waals surface area contributed by atoms with Crippen LogP contribution in [-0.4, -0.2) is 30.8 Å². The van der Waals surface area contributed by atoms with Gasteiger partial charge in [-0.05, 0) is 29.8 Å². The van der Waals surface area contributed by atoms with Crippen molar-refractivity contribution < 1.29 is 17.6 Å². The van der Waals surface area contributed by atoms with Gasteiger partial charge in [0.05, 0.1) is 11.1 Å². The van der Waals surface area contributed by atoms with E-state index in [9.17, 15) is 17.6 Å². The fourth-order valence-corrected chi connectivity index (χ4v) is 4.22. The van der Waals surface area contributed by atoms with Crippen LogP contribution >= 0.6 is 0 Å². The number of benzene rings is 2. The molecule has 1 heterocycles. The van der Waals surface area contributed by atoms with Gasteiger partial charge in [0.2, 0.25) is 0 Å². The summed E-state index contributed by atoms with van der Waals surface area (Å²) in [5.41, 5.74) is 0.602. The minimum atomic E-state index is -3.87. The molecule has 0 radical (unpaired) electrons. The SMILES string of the molecule is O=C(NCC(c1ccccc1)S(=O)(=O)c1ccc(F)cc1)c1cnccn1. The first-order chi connectivity index (χ1) is 13.0. The van der Waals surface area contributed by atoms with Crippen LogP contribution in [0.4, 0.5) is 4.39 Å². The molecule has 0 saturated carbocycles. The second kappa shape index (κ2) is 8.05. The molecule has 0 aliphatic rings. The van der Waals surface area contributed by atoms with E-state index in [1.165, 1.54) is 30.7 Å². The molecular weight excluding hydrogens is 369 g/mol. The summed E-state index contributed by atoms with van der Waals surface area (Å²) in [6, 6.07) is 13.1. The smallest absolute Gasteiger partial charge is 0.271 e. The molecule has 3 aromatic rings. The molecule has 0 bridgehead atoms. The van der Waals surface area contributed by atoms with Gasteiger partial charge in [0.15, 0.2) is 9.84 Å². The molecule has 8 heteroatoms. The largest absolute Gasteiger partial charge is 0.349 e. The Bertz CT molecular complexity index is 1010. The summed E-state index contributed by atoms with van der Waals surface area (Å²) in [5.74, 6) is -1.06. The van der Waals surface area contributed by atoms with Gasteiger partial charge in [-0.3, -0.25) is 9.78 Å². The van der Waals surface area contributed by atoms with E-state index < -0.39 is 26.8 Å². The molecule has 0 fully saturated rings. The van der Waals surface area contributed by atoms with Crippen LogP contribution < -0.4 is 5.32 Å². The van der Waals surface area contributed by atoms with Gasteiger partial charge in [0, 0.05) is 18.9 Å². The van der Waals surface area contributed by atoms with Gasteiger partial charge >= 0.3 is 0 Å². The molecule has 0 saturated heterocycles. The summed E-state index contributed by atoms with van der Waals surface area (Å²) >= 11 is 0. The summed E-state index contributed by atoms with van der Waals surface area (Å²) in [7, 11) is -3.87. The number of hydrogen-bond acceptors (Lipinski definition) is 5. The van der Waals surface area contributed by atoms with Gasteiger partial charge in [-0.2, -0.15) is 0 Å². The number of hydrogen-bond donors (Lipinski definition) is 1. The topological polar surface area (TPSA) is 89.0 Å². The van der Waals surface area contributed by atoms with Gasteiger partial charge in [0.25, 0.3) is 5.91 Å². The Kier molecular flexibility index (Phi) is 5.56. The lowest BCUT2D eigenvalue weighted by Gasteiger charge is -2.19. The van der Waals surface area contributed by atoms with E-state index in [1.807, 2.05) is 0 Å². The Morgan fingerprint density at radius 1 is 1.04 bits per heavy atom. The highest BCUT2D eigenvalue weighted by Crippen LogP contribution is 2.28. The van der Waals surface area contributed by atoms with Crippen LogP contribution in [0.5, 0.6) is 0 Å². The molecule has 3 rings (SSSR count). The van der Waals surface area contributed by atoms with Crippen molar-refractivity contribution in [2.75, 3.05) is 6.54 Å². The van der Waals surface area contributed by atoms with Crippen LogP contribution in [0.2, 0.25) is 0 Å². The summed E-state index contributed by atoms with van der Waals surface area (Å²) in [5, 5.41) is 1.55. The Balaban J connectivity index is 1.90. The number of amides is 1. The van der Waals surface area contributed by atoms with E-state index in [0.717, 1.165) is 12.1 Å². The molecule has 0 spiro atoms. The fraction of sp³-hybridized carbons (Fsp3) is 0.105. The summed E-state index contributed by atoms with van der Waals surface area (Å²) in [6.45, 7) is -0.168. The minimum absolute atomic E-state index is 0.0218. The lowest BCUT2D eigenvalue weighted by atomic mass is 10.1. The molecule has 1 aromatic heterocycles. The minimum Gasteiger partial charge on any atom is -0.349 e. The number of carbonyl (C=O) groups excluding carboxylic acids is 1. The molecule has 6 nitrogen and oxygen atoms in total. The van der Waals surface area contributed by atoms with Gasteiger partial charge in [0.1, 0.15) is 16.8 Å². The maximum Gasteiger partial charge on any atom is 0.271 e. The molecule has 27 heavy (non-hydrogen) atoms. The first kappa shape index (κ1) is 18.7. The highest BCUT2D eigenvalue weighted by molar-refractivity contribution is 7.91. The maximum atomic E-state index is 13.2. The molecule has 0 aliphatic carbocycles. The standard InChI is InChI=1S/C19H16FN3O3S/c20-15-6-8-16(9-7-15)27(25,26)18(14-4-2-1-3-5-14)13-23-19(24)17-12-21-10-11-22-17/h1-12,18H,13H2,(H,23,24). The Hall–Kier alpha value is -3.13. The van der Waals surface area contributed by atoms with Crippen molar-refractivity contribution in [1.29, 1.82) is 0 Å². The van der Waals surface area contributed by atoms with Crippen molar-refractivity contribution in [2.24, 2.45) is 0 Å². The van der Waals surface area contributed by atoms with E-state index >= 15 is 0 Å². The highest BCUT2D eigenvalue weighted by Gasteiger charge is 2.29. The Morgan fingerprint density at radius 3 is 2.37 bits per heavy atom. The monoisotopic (exact) mass is 385 g/mol. The molecule has 2 aromatic carbocycles. The van der Waals surface area contributed by atoms with Gasteiger partial charge in [-0.15, -0.1) is 0 Å². The number of nitrogens with zero attached hydrogens (tertiary/aromatic N) is 2. The quantitative estimate of drug-likeness (QED) is 0.659. The molecule has 0 aliphatic heterocycles. The number of carbonyl (C=O) groups is 1. The highest BCUT2D eigenvalue weighted by atomic mass is 32.2. The third-order valence-corrected chi connectivity index (χ3v) is 6.05. The van der Waals surface area contributed by atoms with Crippen molar-refractivity contribution in [3.63, 3.8) is 0 Å². The van der Waals surface area contributed by atoms with Crippen molar-refractivity contribution in [1.82, 2.24) is 15.3 Å². The number of halogens is 1. The number of rotatable bonds is 6. The average molecular weight is 385 g/mol. The lowest BCUT2D eigenvalue weighted by molar-refractivity contribution is 0.0948. The van der Waals surface area contributed by atoms with E-state index in [4.69, 9.17) is 0 Å². The van der Waals surface area contributed by atoms with Gasteiger partial charge in [-0.1, -0.05) is 30.3 Å². The van der Waals surface area contributed by atoms with E-state index in [1.54, 1.807) is 30.3 Å². The summed E-state index contributed by atoms with van der Waals surface area (Å²) in [6.07, 6.45) is 4.10. The third kappa shape index (κ3) is 4.35. The predicted octanol–water partition coefficient (Wildman–Crippen LogP) is 2.56. The first-order valence-electron chi connectivity index (χ1n) is 8.07. The lowest BCUT2D eigenvalue weighted by Crippen LogP contribution is -2.32. The van der Waals surface area contributed by atoms with E-state index in [0.29, 0.717) is 5.56 Å².